The number of para-hydroxylation sites is 1. The Morgan fingerprint density at radius 3 is 2.46 bits per heavy atom. The largest absolute Gasteiger partial charge is 0.491 e. The molecule has 2 atom stereocenters. The van der Waals surface area contributed by atoms with E-state index in [1.807, 2.05) is 60.7 Å². The van der Waals surface area contributed by atoms with Gasteiger partial charge in [-0.15, -0.1) is 0 Å². The molecule has 1 amide bonds. The van der Waals surface area contributed by atoms with E-state index in [0.717, 1.165) is 11.3 Å². The maximum atomic E-state index is 12.3. The summed E-state index contributed by atoms with van der Waals surface area (Å²) in [5.74, 6) is 0.747. The fourth-order valence-corrected chi connectivity index (χ4v) is 2.78. The second-order valence-corrected chi connectivity index (χ2v) is 5.86. The second-order valence-electron chi connectivity index (χ2n) is 5.86. The van der Waals surface area contributed by atoms with Crippen molar-refractivity contribution < 1.29 is 19.4 Å². The maximum absolute atomic E-state index is 12.3. The Hall–Kier alpha value is -2.53. The first-order valence-electron chi connectivity index (χ1n) is 8.05. The van der Waals surface area contributed by atoms with Gasteiger partial charge in [-0.1, -0.05) is 48.5 Å². The fourth-order valence-electron chi connectivity index (χ4n) is 2.78. The van der Waals surface area contributed by atoms with Crippen LogP contribution in [-0.2, 0) is 11.3 Å². The van der Waals surface area contributed by atoms with Crippen molar-refractivity contribution in [1.82, 2.24) is 4.90 Å². The number of amides is 1. The Morgan fingerprint density at radius 2 is 1.75 bits per heavy atom. The van der Waals surface area contributed by atoms with E-state index >= 15 is 0 Å². The molecular formula is C19H21NO4. The minimum absolute atomic E-state index is 0.191. The van der Waals surface area contributed by atoms with Gasteiger partial charge in [0.15, 0.2) is 0 Å². The predicted molar refractivity (Wildman–Crippen MR) is 89.7 cm³/mol. The van der Waals surface area contributed by atoms with Crippen LogP contribution in [0, 0.1) is 0 Å². The number of benzene rings is 2. The number of likely N-dealkylation sites (tertiary alicyclic amines) is 1. The van der Waals surface area contributed by atoms with Crippen molar-refractivity contribution in [2.24, 2.45) is 0 Å². The molecule has 0 unspecified atom stereocenters. The van der Waals surface area contributed by atoms with Crippen molar-refractivity contribution >= 4 is 6.09 Å². The van der Waals surface area contributed by atoms with Gasteiger partial charge in [0.1, 0.15) is 19.0 Å². The number of nitrogens with zero attached hydrogens (tertiary/aromatic N) is 1. The molecule has 1 N–H and O–H groups in total. The molecule has 2 aromatic carbocycles. The molecule has 0 aromatic heterocycles. The van der Waals surface area contributed by atoms with Crippen molar-refractivity contribution in [3.8, 4) is 5.75 Å². The summed E-state index contributed by atoms with van der Waals surface area (Å²) >= 11 is 0. The first kappa shape index (κ1) is 16.3. The zero-order valence-electron chi connectivity index (χ0n) is 13.4. The Balaban J connectivity index is 1.55. The van der Waals surface area contributed by atoms with Gasteiger partial charge in [0.05, 0.1) is 18.7 Å². The van der Waals surface area contributed by atoms with Gasteiger partial charge in [-0.3, -0.25) is 4.90 Å². The summed E-state index contributed by atoms with van der Waals surface area (Å²) in [5, 5.41) is 9.90. The number of β-amino-alcohol motifs (C(OH)–C–C–N with tert-alkyl or cyclic N) is 1. The van der Waals surface area contributed by atoms with Crippen molar-refractivity contribution in [2.45, 2.75) is 25.2 Å². The topological polar surface area (TPSA) is 59.0 Å². The number of hydrogen-bond acceptors (Lipinski definition) is 4. The van der Waals surface area contributed by atoms with Gasteiger partial charge in [0, 0.05) is 0 Å². The molecular weight excluding hydrogens is 306 g/mol. The van der Waals surface area contributed by atoms with Crippen LogP contribution in [-0.4, -0.2) is 41.4 Å². The van der Waals surface area contributed by atoms with E-state index in [0.29, 0.717) is 13.0 Å². The number of aliphatic hydroxyl groups excluding tert-OH is 1. The van der Waals surface area contributed by atoms with Crippen molar-refractivity contribution in [2.75, 3.05) is 13.2 Å². The van der Waals surface area contributed by atoms with E-state index in [1.165, 1.54) is 0 Å². The fraction of sp³-hybridized carbons (Fsp3) is 0.316. The first-order chi connectivity index (χ1) is 11.7. The van der Waals surface area contributed by atoms with E-state index in [2.05, 4.69) is 0 Å². The molecule has 24 heavy (non-hydrogen) atoms. The molecule has 3 rings (SSSR count). The third kappa shape index (κ3) is 4.26. The van der Waals surface area contributed by atoms with Crippen molar-refractivity contribution in [3.05, 3.63) is 66.2 Å². The van der Waals surface area contributed by atoms with E-state index in [4.69, 9.17) is 9.47 Å². The van der Waals surface area contributed by atoms with Crippen LogP contribution in [0.3, 0.4) is 0 Å². The molecule has 1 aliphatic rings. The minimum atomic E-state index is -0.543. The summed E-state index contributed by atoms with van der Waals surface area (Å²) in [5.41, 5.74) is 0.933. The number of ether oxygens (including phenoxy) is 2. The molecule has 126 valence electrons. The Morgan fingerprint density at radius 1 is 1.08 bits per heavy atom. The van der Waals surface area contributed by atoms with E-state index in [1.54, 1.807) is 4.90 Å². The molecule has 1 saturated heterocycles. The van der Waals surface area contributed by atoms with Crippen LogP contribution in [0.2, 0.25) is 0 Å². The molecule has 5 nitrogen and oxygen atoms in total. The average Bonchev–Trinajstić information content (AvgIpc) is 3.00. The highest BCUT2D eigenvalue weighted by Gasteiger charge is 2.35. The Labute approximate surface area is 141 Å². The SMILES string of the molecule is O=C(OCc1ccccc1)N1C[C@H](O)C[C@H]1COc1ccccc1. The van der Waals surface area contributed by atoms with Gasteiger partial charge in [0.25, 0.3) is 0 Å². The van der Waals surface area contributed by atoms with Crippen LogP contribution < -0.4 is 4.74 Å². The third-order valence-electron chi connectivity index (χ3n) is 4.02. The summed E-state index contributed by atoms with van der Waals surface area (Å²) in [6, 6.07) is 18.8. The number of rotatable bonds is 5. The normalized spacial score (nSPS) is 20.0. The maximum Gasteiger partial charge on any atom is 0.410 e. The van der Waals surface area contributed by atoms with Gasteiger partial charge >= 0.3 is 6.09 Å². The van der Waals surface area contributed by atoms with Crippen LogP contribution in [0.1, 0.15) is 12.0 Å². The van der Waals surface area contributed by atoms with E-state index < -0.39 is 12.2 Å². The lowest BCUT2D eigenvalue weighted by Gasteiger charge is -2.23. The lowest BCUT2D eigenvalue weighted by molar-refractivity contribution is 0.0797. The molecule has 0 bridgehead atoms. The molecule has 0 spiro atoms. The highest BCUT2D eigenvalue weighted by atomic mass is 16.6. The monoisotopic (exact) mass is 327 g/mol. The molecule has 1 aliphatic heterocycles. The van der Waals surface area contributed by atoms with Crippen molar-refractivity contribution in [1.29, 1.82) is 0 Å². The van der Waals surface area contributed by atoms with Crippen LogP contribution in [0.4, 0.5) is 4.79 Å². The van der Waals surface area contributed by atoms with Gasteiger partial charge in [-0.05, 0) is 24.1 Å². The van der Waals surface area contributed by atoms with Gasteiger partial charge in [-0.25, -0.2) is 4.79 Å². The molecule has 1 heterocycles. The second kappa shape index (κ2) is 7.84. The van der Waals surface area contributed by atoms with Gasteiger partial charge in [-0.2, -0.15) is 0 Å². The molecule has 0 saturated carbocycles. The van der Waals surface area contributed by atoms with E-state index in [-0.39, 0.29) is 19.2 Å². The van der Waals surface area contributed by atoms with Crippen LogP contribution in [0.5, 0.6) is 5.75 Å². The summed E-state index contributed by atoms with van der Waals surface area (Å²) in [4.78, 5) is 13.9. The predicted octanol–water partition coefficient (Wildman–Crippen LogP) is 2.84. The number of carbonyl (C=O) groups excluding carboxylic acids is 1. The van der Waals surface area contributed by atoms with E-state index in [9.17, 15) is 9.90 Å². The van der Waals surface area contributed by atoms with Crippen LogP contribution >= 0.6 is 0 Å². The average molecular weight is 327 g/mol. The molecule has 5 heteroatoms. The zero-order valence-corrected chi connectivity index (χ0v) is 13.4. The quantitative estimate of drug-likeness (QED) is 0.917. The summed E-state index contributed by atoms with van der Waals surface area (Å²) < 4.78 is 11.1. The molecule has 0 radical (unpaired) electrons. The van der Waals surface area contributed by atoms with Gasteiger partial charge < -0.3 is 14.6 Å². The first-order valence-corrected chi connectivity index (χ1v) is 8.05. The smallest absolute Gasteiger partial charge is 0.410 e. The summed E-state index contributed by atoms with van der Waals surface area (Å²) in [6.07, 6.45) is -0.469. The third-order valence-corrected chi connectivity index (χ3v) is 4.02. The molecule has 0 aliphatic carbocycles. The van der Waals surface area contributed by atoms with Crippen LogP contribution in [0.15, 0.2) is 60.7 Å². The molecule has 2 aromatic rings. The minimum Gasteiger partial charge on any atom is -0.491 e. The van der Waals surface area contributed by atoms with Crippen LogP contribution in [0.25, 0.3) is 0 Å². The molecule has 1 fully saturated rings. The van der Waals surface area contributed by atoms with Gasteiger partial charge in [0.2, 0.25) is 0 Å². The zero-order chi connectivity index (χ0) is 16.8. The highest BCUT2D eigenvalue weighted by molar-refractivity contribution is 5.68. The summed E-state index contributed by atoms with van der Waals surface area (Å²) in [6.45, 7) is 0.830. The Kier molecular flexibility index (Phi) is 5.33. The number of carbonyl (C=O) groups is 1. The highest BCUT2D eigenvalue weighted by Crippen LogP contribution is 2.21. The lowest BCUT2D eigenvalue weighted by atomic mass is 10.2. The number of hydrogen-bond donors (Lipinski definition) is 1. The standard InChI is InChI=1S/C19H21NO4/c21-17-11-16(14-23-18-9-5-2-6-10-18)20(12-17)19(22)24-13-15-7-3-1-4-8-15/h1-10,16-17,21H,11-14H2/t16-,17+/m0/s1. The summed E-state index contributed by atoms with van der Waals surface area (Å²) in [7, 11) is 0. The lowest BCUT2D eigenvalue weighted by Crippen LogP contribution is -2.39. The van der Waals surface area contributed by atoms with Crippen molar-refractivity contribution in [3.63, 3.8) is 0 Å². The number of aliphatic hydroxyl groups is 1. The Bertz CT molecular complexity index is 647.